The molecular weight excluding hydrogens is 250 g/mol. The summed E-state index contributed by atoms with van der Waals surface area (Å²) in [6.45, 7) is 0. The second-order valence-electron chi connectivity index (χ2n) is 5.20. The summed E-state index contributed by atoms with van der Waals surface area (Å²) in [4.78, 5) is 20.4. The zero-order valence-electron chi connectivity index (χ0n) is 11.2. The van der Waals surface area contributed by atoms with Crippen molar-refractivity contribution in [1.29, 1.82) is 0 Å². The first-order valence-corrected chi connectivity index (χ1v) is 6.94. The molecule has 1 aliphatic carbocycles. The smallest absolute Gasteiger partial charge is 0.272 e. The lowest BCUT2D eigenvalue weighted by molar-refractivity contribution is 0.0892. The normalized spacial score (nSPS) is 16.8. The zero-order valence-corrected chi connectivity index (χ0v) is 11.2. The number of hydrogen-bond acceptors (Lipinski definition) is 3. The van der Waals surface area contributed by atoms with Crippen LogP contribution in [0.5, 0.6) is 0 Å². The first kappa shape index (κ1) is 12.8. The SMILES string of the molecule is O=C(NC1(c2ccccc2)CCCC1)c1cnccn1. The van der Waals surface area contributed by atoms with Crippen molar-refractivity contribution in [2.24, 2.45) is 0 Å². The topological polar surface area (TPSA) is 54.9 Å². The van der Waals surface area contributed by atoms with Crippen LogP contribution in [0.15, 0.2) is 48.9 Å². The zero-order chi connectivity index (χ0) is 13.8. The summed E-state index contributed by atoms with van der Waals surface area (Å²) < 4.78 is 0. The first-order chi connectivity index (χ1) is 9.80. The number of carbonyl (C=O) groups excluding carboxylic acids is 1. The van der Waals surface area contributed by atoms with Gasteiger partial charge in [-0.1, -0.05) is 43.2 Å². The van der Waals surface area contributed by atoms with E-state index in [9.17, 15) is 4.79 Å². The van der Waals surface area contributed by atoms with Crippen molar-refractivity contribution >= 4 is 5.91 Å². The third kappa shape index (κ3) is 2.41. The van der Waals surface area contributed by atoms with Crippen LogP contribution in [0.4, 0.5) is 0 Å². The molecule has 1 aromatic heterocycles. The predicted molar refractivity (Wildman–Crippen MR) is 76.1 cm³/mol. The number of rotatable bonds is 3. The van der Waals surface area contributed by atoms with Gasteiger partial charge in [0.1, 0.15) is 5.69 Å². The molecule has 4 nitrogen and oxygen atoms in total. The number of amides is 1. The molecule has 1 amide bonds. The van der Waals surface area contributed by atoms with Gasteiger partial charge in [-0.25, -0.2) is 4.98 Å². The third-order valence-corrected chi connectivity index (χ3v) is 3.93. The maximum atomic E-state index is 12.4. The van der Waals surface area contributed by atoms with Crippen LogP contribution in [0.1, 0.15) is 41.7 Å². The Balaban J connectivity index is 1.87. The van der Waals surface area contributed by atoms with E-state index < -0.39 is 0 Å². The van der Waals surface area contributed by atoms with Crippen LogP contribution in [0.25, 0.3) is 0 Å². The van der Waals surface area contributed by atoms with Gasteiger partial charge < -0.3 is 5.32 Å². The van der Waals surface area contributed by atoms with Crippen LogP contribution < -0.4 is 5.32 Å². The Labute approximate surface area is 118 Å². The average Bonchev–Trinajstić information content (AvgIpc) is 2.99. The van der Waals surface area contributed by atoms with Crippen LogP contribution >= 0.6 is 0 Å². The number of aromatic nitrogens is 2. The van der Waals surface area contributed by atoms with Crippen molar-refractivity contribution in [1.82, 2.24) is 15.3 Å². The first-order valence-electron chi connectivity index (χ1n) is 6.94. The number of benzene rings is 1. The molecule has 0 spiro atoms. The van der Waals surface area contributed by atoms with Crippen LogP contribution in [0, 0.1) is 0 Å². The Morgan fingerprint density at radius 2 is 1.85 bits per heavy atom. The summed E-state index contributed by atoms with van der Waals surface area (Å²) in [7, 11) is 0. The second kappa shape index (κ2) is 5.41. The summed E-state index contributed by atoms with van der Waals surface area (Å²) >= 11 is 0. The lowest BCUT2D eigenvalue weighted by Crippen LogP contribution is -2.44. The summed E-state index contributed by atoms with van der Waals surface area (Å²) in [5.74, 6) is -0.149. The third-order valence-electron chi connectivity index (χ3n) is 3.93. The minimum Gasteiger partial charge on any atom is -0.341 e. The van der Waals surface area contributed by atoms with Gasteiger partial charge in [0.2, 0.25) is 0 Å². The van der Waals surface area contributed by atoms with Gasteiger partial charge in [0.05, 0.1) is 11.7 Å². The molecule has 0 bridgehead atoms. The Hall–Kier alpha value is -2.23. The molecule has 0 unspecified atom stereocenters. The van der Waals surface area contributed by atoms with E-state index in [0.717, 1.165) is 25.7 Å². The number of nitrogens with zero attached hydrogens (tertiary/aromatic N) is 2. The van der Waals surface area contributed by atoms with E-state index in [4.69, 9.17) is 0 Å². The van der Waals surface area contributed by atoms with E-state index in [1.807, 2.05) is 18.2 Å². The van der Waals surface area contributed by atoms with Gasteiger partial charge in [-0.3, -0.25) is 9.78 Å². The van der Waals surface area contributed by atoms with Gasteiger partial charge in [-0.2, -0.15) is 0 Å². The fourth-order valence-corrected chi connectivity index (χ4v) is 2.92. The highest BCUT2D eigenvalue weighted by Gasteiger charge is 2.37. The Kier molecular flexibility index (Phi) is 3.46. The number of nitrogens with one attached hydrogen (secondary N) is 1. The van der Waals surface area contributed by atoms with Crippen LogP contribution in [0.3, 0.4) is 0 Å². The van der Waals surface area contributed by atoms with E-state index in [-0.39, 0.29) is 11.4 Å². The highest BCUT2D eigenvalue weighted by molar-refractivity contribution is 5.92. The van der Waals surface area contributed by atoms with Gasteiger partial charge in [0, 0.05) is 12.4 Å². The molecule has 102 valence electrons. The Morgan fingerprint density at radius 3 is 2.50 bits per heavy atom. The molecule has 4 heteroatoms. The van der Waals surface area contributed by atoms with E-state index >= 15 is 0 Å². The van der Waals surface area contributed by atoms with Crippen LogP contribution in [-0.4, -0.2) is 15.9 Å². The predicted octanol–water partition coefficient (Wildman–Crippen LogP) is 2.68. The molecule has 0 saturated heterocycles. The molecule has 1 aliphatic rings. The summed E-state index contributed by atoms with van der Waals surface area (Å²) in [5.41, 5.74) is 1.29. The van der Waals surface area contributed by atoms with Crippen molar-refractivity contribution in [3.05, 3.63) is 60.2 Å². The highest BCUT2D eigenvalue weighted by atomic mass is 16.2. The summed E-state index contributed by atoms with van der Waals surface area (Å²) in [5, 5.41) is 3.18. The number of carbonyl (C=O) groups is 1. The molecule has 20 heavy (non-hydrogen) atoms. The largest absolute Gasteiger partial charge is 0.341 e. The standard InChI is InChI=1S/C16H17N3O/c20-15(14-12-17-10-11-18-14)19-16(8-4-5-9-16)13-6-2-1-3-7-13/h1-3,6-7,10-12H,4-5,8-9H2,(H,19,20). The molecule has 0 aliphatic heterocycles. The molecule has 0 radical (unpaired) electrons. The lowest BCUT2D eigenvalue weighted by atomic mass is 9.88. The van der Waals surface area contributed by atoms with Crippen molar-refractivity contribution in [2.45, 2.75) is 31.2 Å². The maximum absolute atomic E-state index is 12.4. The number of hydrogen-bond donors (Lipinski definition) is 1. The average molecular weight is 267 g/mol. The molecule has 3 rings (SSSR count). The van der Waals surface area contributed by atoms with E-state index in [2.05, 4.69) is 27.4 Å². The molecule has 1 N–H and O–H groups in total. The van der Waals surface area contributed by atoms with Gasteiger partial charge in [-0.05, 0) is 18.4 Å². The van der Waals surface area contributed by atoms with Crippen molar-refractivity contribution < 1.29 is 4.79 Å². The van der Waals surface area contributed by atoms with Crippen molar-refractivity contribution in [3.63, 3.8) is 0 Å². The fraction of sp³-hybridized carbons (Fsp3) is 0.312. The molecule has 2 aromatic rings. The molecule has 1 saturated carbocycles. The lowest BCUT2D eigenvalue weighted by Gasteiger charge is -2.30. The quantitative estimate of drug-likeness (QED) is 0.930. The summed E-state index contributed by atoms with van der Waals surface area (Å²) in [6.07, 6.45) is 8.83. The Morgan fingerprint density at radius 1 is 1.10 bits per heavy atom. The van der Waals surface area contributed by atoms with Gasteiger partial charge in [0.15, 0.2) is 0 Å². The van der Waals surface area contributed by atoms with E-state index in [0.29, 0.717) is 5.69 Å². The van der Waals surface area contributed by atoms with E-state index in [1.165, 1.54) is 11.8 Å². The minimum absolute atomic E-state index is 0.149. The molecule has 0 atom stereocenters. The maximum Gasteiger partial charge on any atom is 0.272 e. The molecular formula is C16H17N3O. The van der Waals surface area contributed by atoms with Gasteiger partial charge >= 0.3 is 0 Å². The van der Waals surface area contributed by atoms with Crippen LogP contribution in [0.2, 0.25) is 0 Å². The van der Waals surface area contributed by atoms with Crippen molar-refractivity contribution in [3.8, 4) is 0 Å². The summed E-state index contributed by atoms with van der Waals surface area (Å²) in [6, 6.07) is 10.2. The monoisotopic (exact) mass is 267 g/mol. The van der Waals surface area contributed by atoms with Crippen molar-refractivity contribution in [2.75, 3.05) is 0 Å². The Bertz CT molecular complexity index is 577. The molecule has 1 heterocycles. The highest BCUT2D eigenvalue weighted by Crippen LogP contribution is 2.38. The fourth-order valence-electron chi connectivity index (χ4n) is 2.92. The van der Waals surface area contributed by atoms with Gasteiger partial charge in [0.25, 0.3) is 5.91 Å². The van der Waals surface area contributed by atoms with Gasteiger partial charge in [-0.15, -0.1) is 0 Å². The molecule has 1 aromatic carbocycles. The minimum atomic E-state index is -0.254. The van der Waals surface area contributed by atoms with E-state index in [1.54, 1.807) is 12.4 Å². The molecule has 1 fully saturated rings. The second-order valence-corrected chi connectivity index (χ2v) is 5.20. The van der Waals surface area contributed by atoms with Crippen LogP contribution in [-0.2, 0) is 5.54 Å².